The molecule has 2 saturated heterocycles. The number of anilines is 2. The summed E-state index contributed by atoms with van der Waals surface area (Å²) in [5.41, 5.74) is 4.60. The Labute approximate surface area is 326 Å². The Morgan fingerprint density at radius 3 is 2.41 bits per heavy atom. The van der Waals surface area contributed by atoms with Crippen LogP contribution in [0.2, 0.25) is 0 Å². The molecule has 0 radical (unpaired) electrons. The average molecular weight is 783 g/mol. The first-order chi connectivity index (χ1) is 24.8. The second kappa shape index (κ2) is 16.4. The summed E-state index contributed by atoms with van der Waals surface area (Å²) in [5.74, 6) is 0.906. The number of nitrogens with zero attached hydrogens (tertiary/aromatic N) is 4. The lowest BCUT2D eigenvalue weighted by Crippen LogP contribution is -2.49. The number of benzene rings is 2. The number of aromatic amines is 1. The molecule has 2 fully saturated rings. The molecular weight excluding hydrogens is 733 g/mol. The molecule has 13 nitrogen and oxygen atoms in total. The van der Waals surface area contributed by atoms with Gasteiger partial charge in [0, 0.05) is 65.2 Å². The van der Waals surface area contributed by atoms with Crippen LogP contribution in [0.3, 0.4) is 0 Å². The van der Waals surface area contributed by atoms with Crippen molar-refractivity contribution in [3.8, 4) is 0 Å². The minimum Gasteiger partial charge on any atom is -0.465 e. The maximum Gasteiger partial charge on any atom is 0.407 e. The van der Waals surface area contributed by atoms with Crippen molar-refractivity contribution in [2.75, 3.05) is 44.4 Å². The van der Waals surface area contributed by atoms with Gasteiger partial charge in [0.05, 0.1) is 5.69 Å². The fourth-order valence-corrected chi connectivity index (χ4v) is 7.65. The molecule has 54 heavy (non-hydrogen) atoms. The fourth-order valence-electron chi connectivity index (χ4n) is 7.65. The van der Waals surface area contributed by atoms with Crippen LogP contribution < -0.4 is 10.6 Å². The van der Waals surface area contributed by atoms with Crippen molar-refractivity contribution in [3.05, 3.63) is 76.9 Å². The quantitative estimate of drug-likeness (QED) is 0.113. The number of halogens is 2. The summed E-state index contributed by atoms with van der Waals surface area (Å²) in [7, 11) is 4.11. The minimum atomic E-state index is -0.839. The number of likely N-dealkylation sites (tertiary alicyclic amines) is 2. The zero-order valence-electron chi connectivity index (χ0n) is 31.2. The summed E-state index contributed by atoms with van der Waals surface area (Å²) in [5, 5.41) is 20.6. The van der Waals surface area contributed by atoms with Gasteiger partial charge in [-0.1, -0.05) is 38.4 Å². The lowest BCUT2D eigenvalue weighted by atomic mass is 9.87. The van der Waals surface area contributed by atoms with E-state index in [0.29, 0.717) is 59.6 Å². The van der Waals surface area contributed by atoms with E-state index < -0.39 is 12.1 Å². The van der Waals surface area contributed by atoms with Crippen LogP contribution in [0.5, 0.6) is 0 Å². The van der Waals surface area contributed by atoms with Gasteiger partial charge in [-0.2, -0.15) is 0 Å². The van der Waals surface area contributed by atoms with Crippen LogP contribution in [0.1, 0.15) is 92.1 Å². The van der Waals surface area contributed by atoms with Crippen molar-refractivity contribution in [2.45, 2.75) is 76.9 Å². The molecule has 5 heterocycles. The van der Waals surface area contributed by atoms with E-state index in [0.717, 1.165) is 49.6 Å². The molecule has 5 aromatic rings. The van der Waals surface area contributed by atoms with Gasteiger partial charge in [-0.05, 0) is 93.8 Å². The predicted molar refractivity (Wildman–Crippen MR) is 214 cm³/mol. The number of rotatable bonds is 8. The molecule has 3 aromatic heterocycles. The van der Waals surface area contributed by atoms with Crippen LogP contribution in [-0.4, -0.2) is 87.6 Å². The summed E-state index contributed by atoms with van der Waals surface area (Å²) in [6.45, 7) is 8.82. The number of furan rings is 1. The van der Waals surface area contributed by atoms with Gasteiger partial charge in [-0.15, -0.1) is 24.8 Å². The standard InChI is InChI=1S/C39H47N7O6.2ClH/c1-39(2,3)34-21-35(43-52-34)42-37(48)40-24-9-12-32-23(18-24)19-33(51-32)36(47)30-20-27-28(22-44(4)5)26(10-11-29(27)41-30)31-8-6-7-15-46(31)25-13-16-45(17-14-25)38(49)50;;/h9-12,18-21,25,31,41H,6-8,13-17,22H2,1-5H3,(H,49,50)(H2,40,42,43,48);2*1H. The predicted octanol–water partition coefficient (Wildman–Crippen LogP) is 8.65. The SMILES string of the molecule is CN(C)Cc1c(C2CCCCN2C2CCN(C(=O)O)CC2)ccc2[nH]c(C(=O)c3cc4cc(NC(=O)Nc5cc(C(C)(C)C)on5)ccc4o3)cc12.Cl.Cl. The number of H-pyrrole nitrogens is 1. The molecule has 0 bridgehead atoms. The normalized spacial score (nSPS) is 17.0. The lowest BCUT2D eigenvalue weighted by Gasteiger charge is -2.45. The van der Waals surface area contributed by atoms with Gasteiger partial charge in [0.2, 0.25) is 5.78 Å². The summed E-state index contributed by atoms with van der Waals surface area (Å²) < 4.78 is 11.4. The fraction of sp³-hybridized carbons (Fsp3) is 0.436. The Hall–Kier alpha value is -4.56. The van der Waals surface area contributed by atoms with Gasteiger partial charge in [0.25, 0.3) is 0 Å². The molecule has 0 spiro atoms. The average Bonchev–Trinajstić information content (AvgIpc) is 3.86. The number of nitrogens with one attached hydrogen (secondary N) is 3. The largest absolute Gasteiger partial charge is 0.465 e. The summed E-state index contributed by atoms with van der Waals surface area (Å²) in [6.07, 6.45) is 4.14. The number of carboxylic acid groups (broad SMARTS) is 1. The van der Waals surface area contributed by atoms with Crippen molar-refractivity contribution in [1.29, 1.82) is 0 Å². The van der Waals surface area contributed by atoms with Gasteiger partial charge >= 0.3 is 12.1 Å². The summed E-state index contributed by atoms with van der Waals surface area (Å²) in [6, 6.07) is 14.9. The molecule has 1 unspecified atom stereocenters. The molecule has 2 aliphatic rings. The van der Waals surface area contributed by atoms with Gasteiger partial charge in [0.1, 0.15) is 11.3 Å². The van der Waals surface area contributed by atoms with Gasteiger partial charge in [-0.3, -0.25) is 15.0 Å². The first-order valence-electron chi connectivity index (χ1n) is 18.0. The van der Waals surface area contributed by atoms with E-state index in [1.165, 1.54) is 16.0 Å². The van der Waals surface area contributed by atoms with E-state index in [-0.39, 0.29) is 47.8 Å². The first kappa shape index (κ1) is 40.6. The zero-order valence-corrected chi connectivity index (χ0v) is 32.9. The van der Waals surface area contributed by atoms with Crippen LogP contribution in [0.4, 0.5) is 21.1 Å². The molecule has 4 N–H and O–H groups in total. The van der Waals surface area contributed by atoms with Crippen molar-refractivity contribution in [1.82, 2.24) is 24.8 Å². The topological polar surface area (TPSA) is 160 Å². The number of ketones is 1. The number of amides is 3. The molecule has 3 amide bonds. The highest BCUT2D eigenvalue weighted by molar-refractivity contribution is 6.10. The van der Waals surface area contributed by atoms with Crippen LogP contribution in [0, 0.1) is 0 Å². The smallest absolute Gasteiger partial charge is 0.407 e. The number of hydrogen-bond acceptors (Lipinski definition) is 8. The summed E-state index contributed by atoms with van der Waals surface area (Å²) >= 11 is 0. The molecule has 2 aliphatic heterocycles. The zero-order chi connectivity index (χ0) is 36.7. The van der Waals surface area contributed by atoms with E-state index in [2.05, 4.69) is 56.8 Å². The second-order valence-electron chi connectivity index (χ2n) is 15.4. The lowest BCUT2D eigenvalue weighted by molar-refractivity contribution is 0.0493. The Bertz CT molecular complexity index is 2130. The second-order valence-corrected chi connectivity index (χ2v) is 15.4. The van der Waals surface area contributed by atoms with E-state index in [1.807, 2.05) is 26.8 Å². The third-order valence-corrected chi connectivity index (χ3v) is 10.3. The monoisotopic (exact) mass is 781 g/mol. The third-order valence-electron chi connectivity index (χ3n) is 10.3. The molecule has 1 atom stereocenters. The number of piperidine rings is 2. The van der Waals surface area contributed by atoms with Gasteiger partial charge in [0.15, 0.2) is 11.6 Å². The van der Waals surface area contributed by atoms with Crippen LogP contribution in [-0.2, 0) is 12.0 Å². The van der Waals surface area contributed by atoms with E-state index in [4.69, 9.17) is 8.94 Å². The van der Waals surface area contributed by atoms with E-state index in [1.54, 1.807) is 30.3 Å². The first-order valence-corrected chi connectivity index (χ1v) is 18.0. The van der Waals surface area contributed by atoms with E-state index in [9.17, 15) is 19.5 Å². The third kappa shape index (κ3) is 8.54. The Morgan fingerprint density at radius 1 is 0.963 bits per heavy atom. The molecule has 7 rings (SSSR count). The number of carbonyl (C=O) groups is 3. The molecule has 15 heteroatoms. The highest BCUT2D eigenvalue weighted by Gasteiger charge is 2.35. The Morgan fingerprint density at radius 2 is 1.72 bits per heavy atom. The van der Waals surface area contributed by atoms with Crippen molar-refractivity contribution >= 4 is 76.1 Å². The van der Waals surface area contributed by atoms with Gasteiger partial charge < -0.3 is 34.1 Å². The van der Waals surface area contributed by atoms with Crippen LogP contribution in [0.15, 0.2) is 57.5 Å². The number of aromatic nitrogens is 2. The molecular formula is C39H49Cl2N7O6. The maximum atomic E-state index is 13.9. The highest BCUT2D eigenvalue weighted by Crippen LogP contribution is 2.39. The van der Waals surface area contributed by atoms with Crippen LogP contribution in [0.25, 0.3) is 21.9 Å². The van der Waals surface area contributed by atoms with E-state index >= 15 is 0 Å². The summed E-state index contributed by atoms with van der Waals surface area (Å²) in [4.78, 5) is 47.8. The number of hydrogen-bond donors (Lipinski definition) is 4. The van der Waals surface area contributed by atoms with Crippen LogP contribution >= 0.6 is 24.8 Å². The number of fused-ring (bicyclic) bond motifs is 2. The number of urea groups is 1. The molecule has 2 aromatic carbocycles. The van der Waals surface area contributed by atoms with Crippen molar-refractivity contribution in [2.24, 2.45) is 0 Å². The number of carbonyl (C=O) groups excluding carboxylic acids is 2. The maximum absolute atomic E-state index is 13.9. The Balaban J connectivity index is 0.00000280. The molecule has 0 saturated carbocycles. The molecule has 290 valence electrons. The molecule has 0 aliphatic carbocycles. The Kier molecular flexibility index (Phi) is 12.4. The van der Waals surface area contributed by atoms with Crippen molar-refractivity contribution in [3.63, 3.8) is 0 Å². The minimum absolute atomic E-state index is 0. The highest BCUT2D eigenvalue weighted by atomic mass is 35.5. The van der Waals surface area contributed by atoms with Crippen molar-refractivity contribution < 1.29 is 28.4 Å². The van der Waals surface area contributed by atoms with Gasteiger partial charge in [-0.25, -0.2) is 9.59 Å².